The molecule has 0 saturated carbocycles. The zero-order valence-electron chi connectivity index (χ0n) is 22.8. The molecular formula is C30H30F2N6O2. The fourth-order valence-electron chi connectivity index (χ4n) is 5.14. The van der Waals surface area contributed by atoms with Crippen molar-refractivity contribution >= 4 is 22.8 Å². The highest BCUT2D eigenvalue weighted by molar-refractivity contribution is 5.92. The van der Waals surface area contributed by atoms with Gasteiger partial charge in [0, 0.05) is 37.6 Å². The van der Waals surface area contributed by atoms with Gasteiger partial charge in [-0.2, -0.15) is 5.26 Å². The Hall–Kier alpha value is -4.52. The topological polar surface area (TPSA) is 96.1 Å². The minimum atomic E-state index is -0.622. The summed E-state index contributed by atoms with van der Waals surface area (Å²) in [7, 11) is 0. The highest BCUT2D eigenvalue weighted by Crippen LogP contribution is 2.41. The van der Waals surface area contributed by atoms with Crippen LogP contribution in [0, 0.1) is 23.0 Å². The lowest BCUT2D eigenvalue weighted by atomic mass is 9.99. The molecular weight excluding hydrogens is 514 g/mol. The number of ether oxygens (including phenoxy) is 1. The first-order valence-electron chi connectivity index (χ1n) is 13.2. The van der Waals surface area contributed by atoms with Crippen LogP contribution in [-0.2, 0) is 11.3 Å². The van der Waals surface area contributed by atoms with E-state index in [0.717, 1.165) is 5.69 Å². The van der Waals surface area contributed by atoms with Crippen LogP contribution in [0.15, 0.2) is 48.8 Å². The number of hydrogen-bond donors (Lipinski definition) is 1. The number of fused-ring (bicyclic) bond motifs is 1. The van der Waals surface area contributed by atoms with Gasteiger partial charge in [-0.25, -0.2) is 18.6 Å². The maximum absolute atomic E-state index is 14.8. The SMILES string of the molecule is CCn1c(-c2cncc(-c3ccc(F)c(C#N)c3)c2N2CC[C@H](NC(=O)OC(C)(C)C)C2)nc2c(F)cccc21. The van der Waals surface area contributed by atoms with Crippen molar-refractivity contribution in [2.75, 3.05) is 18.0 Å². The van der Waals surface area contributed by atoms with Crippen LogP contribution >= 0.6 is 0 Å². The summed E-state index contributed by atoms with van der Waals surface area (Å²) in [5, 5.41) is 12.4. The van der Waals surface area contributed by atoms with Gasteiger partial charge in [-0.05, 0) is 63.9 Å². The molecule has 1 N–H and O–H groups in total. The van der Waals surface area contributed by atoms with Crippen molar-refractivity contribution in [3.05, 3.63) is 66.0 Å². The number of aromatic nitrogens is 3. The molecule has 1 saturated heterocycles. The van der Waals surface area contributed by atoms with E-state index in [0.29, 0.717) is 54.1 Å². The zero-order valence-corrected chi connectivity index (χ0v) is 22.8. The Labute approximate surface area is 231 Å². The largest absolute Gasteiger partial charge is 0.444 e. The van der Waals surface area contributed by atoms with Crippen molar-refractivity contribution in [1.29, 1.82) is 5.26 Å². The number of rotatable bonds is 5. The molecule has 5 rings (SSSR count). The normalized spacial score (nSPS) is 15.3. The van der Waals surface area contributed by atoms with E-state index < -0.39 is 23.3 Å². The van der Waals surface area contributed by atoms with Gasteiger partial charge in [-0.1, -0.05) is 12.1 Å². The number of imidazole rings is 1. The summed E-state index contributed by atoms with van der Waals surface area (Å²) in [6.45, 7) is 8.99. The number of halogens is 2. The summed E-state index contributed by atoms with van der Waals surface area (Å²) in [5.74, 6) is -0.488. The van der Waals surface area contributed by atoms with Crippen molar-refractivity contribution in [1.82, 2.24) is 19.9 Å². The number of nitrogens with zero attached hydrogens (tertiary/aromatic N) is 5. The number of alkyl carbamates (subject to hydrolysis) is 1. The van der Waals surface area contributed by atoms with E-state index in [-0.39, 0.29) is 17.1 Å². The first-order valence-corrected chi connectivity index (χ1v) is 13.2. The number of amides is 1. The summed E-state index contributed by atoms with van der Waals surface area (Å²) >= 11 is 0. The van der Waals surface area contributed by atoms with E-state index in [9.17, 15) is 18.8 Å². The molecule has 2 aromatic carbocycles. The summed E-state index contributed by atoms with van der Waals surface area (Å²) < 4.78 is 36.4. The van der Waals surface area contributed by atoms with E-state index in [1.54, 1.807) is 24.5 Å². The molecule has 0 bridgehead atoms. The smallest absolute Gasteiger partial charge is 0.407 e. The predicted octanol–water partition coefficient (Wildman–Crippen LogP) is 6.04. The minimum absolute atomic E-state index is 0.0809. The van der Waals surface area contributed by atoms with Gasteiger partial charge in [0.2, 0.25) is 0 Å². The second-order valence-corrected chi connectivity index (χ2v) is 10.8. The number of nitrogens with one attached hydrogen (secondary N) is 1. The third-order valence-corrected chi connectivity index (χ3v) is 6.83. The van der Waals surface area contributed by atoms with Gasteiger partial charge < -0.3 is 19.5 Å². The van der Waals surface area contributed by atoms with E-state index in [1.807, 2.05) is 44.4 Å². The number of anilines is 1. The first kappa shape index (κ1) is 27.1. The highest BCUT2D eigenvalue weighted by Gasteiger charge is 2.31. The third-order valence-electron chi connectivity index (χ3n) is 6.83. The Kier molecular flexibility index (Phi) is 7.15. The standard InChI is InChI=1S/C30H30F2N6O2/c1-5-38-25-8-6-7-24(32)26(25)36-28(38)22-16-34-15-21(18-9-10-23(31)19(13-18)14-33)27(22)37-12-11-20(17-37)35-29(39)40-30(2,3)4/h6-10,13,15-16,20H,5,11-12,17H2,1-4H3,(H,35,39)/t20-/m0/s1. The van der Waals surface area contributed by atoms with Crippen molar-refractivity contribution in [3.8, 4) is 28.6 Å². The number of benzene rings is 2. The molecule has 1 aliphatic rings. The lowest BCUT2D eigenvalue weighted by Gasteiger charge is -2.26. The molecule has 0 spiro atoms. The molecule has 1 fully saturated rings. The Bertz CT molecular complexity index is 1640. The first-order chi connectivity index (χ1) is 19.1. The summed E-state index contributed by atoms with van der Waals surface area (Å²) in [4.78, 5) is 23.8. The fraction of sp³-hybridized carbons (Fsp3) is 0.333. The Morgan fingerprint density at radius 3 is 2.67 bits per heavy atom. The van der Waals surface area contributed by atoms with Gasteiger partial charge in [-0.3, -0.25) is 4.98 Å². The predicted molar refractivity (Wildman–Crippen MR) is 149 cm³/mol. The Morgan fingerprint density at radius 2 is 1.95 bits per heavy atom. The van der Waals surface area contributed by atoms with Crippen LogP contribution in [0.5, 0.6) is 0 Å². The number of hydrogen-bond acceptors (Lipinski definition) is 6. The van der Waals surface area contributed by atoms with E-state index in [1.165, 1.54) is 18.2 Å². The van der Waals surface area contributed by atoms with Gasteiger partial charge >= 0.3 is 6.09 Å². The molecule has 1 amide bonds. The molecule has 2 aromatic heterocycles. The van der Waals surface area contributed by atoms with Crippen molar-refractivity contribution in [2.45, 2.75) is 52.3 Å². The number of nitriles is 1. The number of carbonyl (C=O) groups excluding carboxylic acids is 1. The monoisotopic (exact) mass is 544 g/mol. The van der Waals surface area contributed by atoms with Crippen molar-refractivity contribution in [2.24, 2.45) is 0 Å². The van der Waals surface area contributed by atoms with Gasteiger partial charge in [0.05, 0.1) is 28.4 Å². The van der Waals surface area contributed by atoms with Crippen LogP contribution in [-0.4, -0.2) is 45.4 Å². The molecule has 0 radical (unpaired) electrons. The van der Waals surface area contributed by atoms with Gasteiger partial charge in [-0.15, -0.1) is 0 Å². The van der Waals surface area contributed by atoms with E-state index in [4.69, 9.17) is 9.72 Å². The fourth-order valence-corrected chi connectivity index (χ4v) is 5.14. The van der Waals surface area contributed by atoms with Crippen LogP contribution in [0.4, 0.5) is 19.3 Å². The average molecular weight is 545 g/mol. The Balaban J connectivity index is 1.64. The molecule has 8 nitrogen and oxygen atoms in total. The van der Waals surface area contributed by atoms with Crippen molar-refractivity contribution in [3.63, 3.8) is 0 Å². The van der Waals surface area contributed by atoms with Crippen LogP contribution in [0.1, 0.15) is 39.7 Å². The molecule has 3 heterocycles. The second-order valence-electron chi connectivity index (χ2n) is 10.8. The van der Waals surface area contributed by atoms with E-state index in [2.05, 4.69) is 15.2 Å². The molecule has 1 atom stereocenters. The maximum Gasteiger partial charge on any atom is 0.407 e. The van der Waals surface area contributed by atoms with Gasteiger partial charge in [0.1, 0.15) is 28.8 Å². The lowest BCUT2D eigenvalue weighted by Crippen LogP contribution is -2.40. The average Bonchev–Trinajstić information content (AvgIpc) is 3.52. The molecule has 10 heteroatoms. The lowest BCUT2D eigenvalue weighted by molar-refractivity contribution is 0.0509. The highest BCUT2D eigenvalue weighted by atomic mass is 19.1. The van der Waals surface area contributed by atoms with E-state index >= 15 is 0 Å². The van der Waals surface area contributed by atoms with Crippen LogP contribution < -0.4 is 10.2 Å². The number of carbonyl (C=O) groups is 1. The number of para-hydroxylation sites is 1. The van der Waals surface area contributed by atoms with Crippen LogP contribution in [0.2, 0.25) is 0 Å². The molecule has 206 valence electrons. The van der Waals surface area contributed by atoms with Gasteiger partial charge in [0.25, 0.3) is 0 Å². The summed E-state index contributed by atoms with van der Waals surface area (Å²) in [5.41, 5.74) is 2.91. The van der Waals surface area contributed by atoms with Gasteiger partial charge in [0.15, 0.2) is 5.82 Å². The van der Waals surface area contributed by atoms with Crippen LogP contribution in [0.3, 0.4) is 0 Å². The Morgan fingerprint density at radius 1 is 1.18 bits per heavy atom. The molecule has 1 aliphatic heterocycles. The molecule has 0 aliphatic carbocycles. The third kappa shape index (κ3) is 5.19. The number of aryl methyl sites for hydroxylation is 1. The zero-order chi connectivity index (χ0) is 28.6. The number of pyridine rings is 1. The summed E-state index contributed by atoms with van der Waals surface area (Å²) in [6.07, 6.45) is 3.52. The molecule has 0 unspecified atom stereocenters. The van der Waals surface area contributed by atoms with Crippen molar-refractivity contribution < 1.29 is 18.3 Å². The molecule has 4 aromatic rings. The van der Waals surface area contributed by atoms with Crippen LogP contribution in [0.25, 0.3) is 33.5 Å². The maximum atomic E-state index is 14.8. The minimum Gasteiger partial charge on any atom is -0.444 e. The summed E-state index contributed by atoms with van der Waals surface area (Å²) in [6, 6.07) is 10.9. The second kappa shape index (κ2) is 10.6. The quantitative estimate of drug-likeness (QED) is 0.329. The molecule has 40 heavy (non-hydrogen) atoms.